The van der Waals surface area contributed by atoms with Crippen LogP contribution in [0, 0.1) is 0 Å². The van der Waals surface area contributed by atoms with Crippen LogP contribution in [0.4, 0.5) is 0 Å². The Morgan fingerprint density at radius 3 is 2.60 bits per heavy atom. The lowest BCUT2D eigenvalue weighted by Crippen LogP contribution is -2.12. The number of hydrogen-bond acceptors (Lipinski definition) is 6. The molecule has 0 fully saturated rings. The average Bonchev–Trinajstić information content (AvgIpc) is 2.98. The molecule has 3 rings (SSSR count). The van der Waals surface area contributed by atoms with Gasteiger partial charge in [-0.15, -0.1) is 5.10 Å². The Morgan fingerprint density at radius 2 is 2.00 bits per heavy atom. The number of primary sulfonamides is 1. The molecule has 0 atom stereocenters. The van der Waals surface area contributed by atoms with Gasteiger partial charge in [0.25, 0.3) is 10.0 Å². The summed E-state index contributed by atoms with van der Waals surface area (Å²) in [5, 5.41) is 9.06. The number of nitrogens with zero attached hydrogens (tertiary/aromatic N) is 3. The van der Waals surface area contributed by atoms with Gasteiger partial charge < -0.3 is 4.74 Å². The van der Waals surface area contributed by atoms with Crippen LogP contribution < -0.4 is 9.88 Å². The van der Waals surface area contributed by atoms with Crippen LogP contribution in [0.2, 0.25) is 0 Å². The highest BCUT2D eigenvalue weighted by Crippen LogP contribution is 2.26. The molecule has 0 aliphatic rings. The van der Waals surface area contributed by atoms with Crippen molar-refractivity contribution < 1.29 is 13.2 Å². The Bertz CT molecular complexity index is 865. The van der Waals surface area contributed by atoms with E-state index in [1.807, 2.05) is 24.3 Å². The quantitative estimate of drug-likeness (QED) is 0.781. The fourth-order valence-electron chi connectivity index (χ4n) is 1.75. The maximum absolute atomic E-state index is 11.3. The summed E-state index contributed by atoms with van der Waals surface area (Å²) in [4.78, 5) is 4.61. The first-order chi connectivity index (χ1) is 9.49. The molecule has 3 aromatic rings. The molecule has 0 amide bonds. The predicted molar refractivity (Wildman–Crippen MR) is 74.2 cm³/mol. The van der Waals surface area contributed by atoms with Gasteiger partial charge in [-0.1, -0.05) is 11.3 Å². The van der Waals surface area contributed by atoms with Crippen molar-refractivity contribution in [1.29, 1.82) is 0 Å². The Labute approximate surface area is 118 Å². The lowest BCUT2D eigenvalue weighted by Gasteiger charge is -2.01. The molecule has 0 spiro atoms. The largest absolute Gasteiger partial charge is 0.497 e. The van der Waals surface area contributed by atoms with Crippen LogP contribution >= 0.6 is 11.3 Å². The van der Waals surface area contributed by atoms with Crippen LogP contribution in [-0.2, 0) is 10.0 Å². The van der Waals surface area contributed by atoms with E-state index in [2.05, 4.69) is 10.1 Å². The predicted octanol–water partition coefficient (Wildman–Crippen LogP) is 1.11. The molecule has 0 unspecified atom stereocenters. The summed E-state index contributed by atoms with van der Waals surface area (Å²) in [6.45, 7) is 0. The summed E-state index contributed by atoms with van der Waals surface area (Å²) in [7, 11) is -2.23. The van der Waals surface area contributed by atoms with E-state index in [1.54, 1.807) is 13.3 Å². The second-order valence-corrected chi connectivity index (χ2v) is 6.67. The highest BCUT2D eigenvalue weighted by Gasteiger charge is 2.18. The number of ether oxygens (including phenoxy) is 1. The number of fused-ring (bicyclic) bond motifs is 1. The first kappa shape index (κ1) is 13.0. The molecule has 7 nitrogen and oxygen atoms in total. The van der Waals surface area contributed by atoms with Crippen LogP contribution in [0.5, 0.6) is 5.75 Å². The zero-order valence-electron chi connectivity index (χ0n) is 10.3. The molecule has 2 heterocycles. The Hall–Kier alpha value is -1.97. The second-order valence-electron chi connectivity index (χ2n) is 3.98. The van der Waals surface area contributed by atoms with Gasteiger partial charge in [-0.3, -0.25) is 0 Å². The zero-order valence-corrected chi connectivity index (χ0v) is 12.0. The summed E-state index contributed by atoms with van der Waals surface area (Å²) in [6.07, 6.45) is 1.63. The minimum Gasteiger partial charge on any atom is -0.497 e. The summed E-state index contributed by atoms with van der Waals surface area (Å²) < 4.78 is 29.0. The molecule has 1 aromatic carbocycles. The molecule has 0 radical (unpaired) electrons. The van der Waals surface area contributed by atoms with Crippen molar-refractivity contribution in [2.75, 3.05) is 7.11 Å². The monoisotopic (exact) mass is 310 g/mol. The molecular formula is C11H10N4O3S2. The van der Waals surface area contributed by atoms with Crippen LogP contribution in [0.3, 0.4) is 0 Å². The van der Waals surface area contributed by atoms with Crippen molar-refractivity contribution in [2.45, 2.75) is 4.34 Å². The topological polar surface area (TPSA) is 99.6 Å². The van der Waals surface area contributed by atoms with Crippen LogP contribution in [0.15, 0.2) is 34.8 Å². The fraction of sp³-hybridized carbons (Fsp3) is 0.0909. The van der Waals surface area contributed by atoms with E-state index in [-0.39, 0.29) is 4.34 Å². The third-order valence-electron chi connectivity index (χ3n) is 2.70. The molecule has 0 bridgehead atoms. The van der Waals surface area contributed by atoms with Gasteiger partial charge in [0.15, 0.2) is 0 Å². The molecule has 0 saturated carbocycles. The number of aromatic nitrogens is 3. The molecule has 9 heteroatoms. The third-order valence-corrected chi connectivity index (χ3v) is 4.93. The van der Waals surface area contributed by atoms with Gasteiger partial charge in [-0.05, 0) is 24.3 Å². The highest BCUT2D eigenvalue weighted by atomic mass is 32.2. The second kappa shape index (κ2) is 4.54. The van der Waals surface area contributed by atoms with E-state index in [0.717, 1.165) is 22.6 Å². The minimum absolute atomic E-state index is 0.157. The van der Waals surface area contributed by atoms with E-state index in [9.17, 15) is 8.42 Å². The van der Waals surface area contributed by atoms with Gasteiger partial charge in [0.2, 0.25) is 9.30 Å². The smallest absolute Gasteiger partial charge is 0.267 e. The minimum atomic E-state index is -3.82. The van der Waals surface area contributed by atoms with Crippen molar-refractivity contribution in [2.24, 2.45) is 5.14 Å². The average molecular weight is 310 g/mol. The lowest BCUT2D eigenvalue weighted by atomic mass is 10.2. The van der Waals surface area contributed by atoms with Crippen molar-refractivity contribution in [1.82, 2.24) is 14.6 Å². The van der Waals surface area contributed by atoms with Crippen molar-refractivity contribution in [3.8, 4) is 17.0 Å². The molecule has 20 heavy (non-hydrogen) atoms. The molecule has 0 aliphatic heterocycles. The number of hydrogen-bond donors (Lipinski definition) is 1. The third kappa shape index (κ3) is 2.15. The number of imidazole rings is 1. The molecule has 0 saturated heterocycles. The van der Waals surface area contributed by atoms with Gasteiger partial charge >= 0.3 is 0 Å². The number of nitrogens with two attached hydrogens (primary N) is 1. The molecule has 2 N–H and O–H groups in total. The maximum atomic E-state index is 11.3. The number of methoxy groups -OCH3 is 1. The molecule has 2 aromatic heterocycles. The standard InChI is InChI=1S/C11H10N4O3S2/c1-18-8-4-2-7(3-5-8)9-6-13-10-15(9)14-11(19-10)20(12,16)17/h2-6H,1H3,(H2,12,16,17). The van der Waals surface area contributed by atoms with Crippen molar-refractivity contribution in [3.05, 3.63) is 30.5 Å². The van der Waals surface area contributed by atoms with E-state index in [1.165, 1.54) is 4.52 Å². The fourth-order valence-corrected chi connectivity index (χ4v) is 3.24. The number of rotatable bonds is 3. The van der Waals surface area contributed by atoms with Crippen molar-refractivity contribution >= 4 is 26.3 Å². The number of benzene rings is 1. The summed E-state index contributed by atoms with van der Waals surface area (Å²) in [5.41, 5.74) is 1.54. The molecule has 104 valence electrons. The first-order valence-electron chi connectivity index (χ1n) is 5.51. The number of sulfonamides is 1. The van der Waals surface area contributed by atoms with Gasteiger partial charge in [0.05, 0.1) is 19.0 Å². The Morgan fingerprint density at radius 1 is 1.30 bits per heavy atom. The van der Waals surface area contributed by atoms with Gasteiger partial charge in [-0.2, -0.15) is 0 Å². The Kier molecular flexibility index (Phi) is 2.96. The van der Waals surface area contributed by atoms with Crippen molar-refractivity contribution in [3.63, 3.8) is 0 Å². The maximum Gasteiger partial charge on any atom is 0.267 e. The normalized spacial score (nSPS) is 11.9. The summed E-state index contributed by atoms with van der Waals surface area (Å²) in [6, 6.07) is 7.31. The van der Waals surface area contributed by atoms with E-state index < -0.39 is 10.0 Å². The zero-order chi connectivity index (χ0) is 14.3. The highest BCUT2D eigenvalue weighted by molar-refractivity contribution is 7.91. The summed E-state index contributed by atoms with van der Waals surface area (Å²) >= 11 is 0.930. The van der Waals surface area contributed by atoms with Crippen LogP contribution in [0.1, 0.15) is 0 Å². The van der Waals surface area contributed by atoms with E-state index in [4.69, 9.17) is 9.88 Å². The summed E-state index contributed by atoms with van der Waals surface area (Å²) in [5.74, 6) is 0.734. The van der Waals surface area contributed by atoms with E-state index in [0.29, 0.717) is 10.7 Å². The molecule has 0 aliphatic carbocycles. The van der Waals surface area contributed by atoms with Gasteiger partial charge in [0.1, 0.15) is 5.75 Å². The molecular weight excluding hydrogens is 300 g/mol. The van der Waals surface area contributed by atoms with Crippen LogP contribution in [-0.4, -0.2) is 30.1 Å². The van der Waals surface area contributed by atoms with E-state index >= 15 is 0 Å². The first-order valence-corrected chi connectivity index (χ1v) is 7.87. The van der Waals surface area contributed by atoms with Gasteiger partial charge in [-0.25, -0.2) is 23.1 Å². The van der Waals surface area contributed by atoms with Gasteiger partial charge in [0, 0.05) is 5.56 Å². The van der Waals surface area contributed by atoms with Crippen LogP contribution in [0.25, 0.3) is 16.2 Å². The lowest BCUT2D eigenvalue weighted by molar-refractivity contribution is 0.415. The Balaban J connectivity index is 2.13. The SMILES string of the molecule is COc1ccc(-c2cnc3sc(S(N)(=O)=O)nn23)cc1.